The first-order chi connectivity index (χ1) is 15.8. The standard InChI is InChI=1S/C22H25N9O2/c1-3-30-9-14(6-25-30)17-11-31-20(28-17)18(15(7-26-31)19(24)32)27-16-10-29(8-13(16)2)21(33)22(12-23)4-5-22/h6-7,9,11,13,16,27H,3-5,8,10H2,1-2H3,(H2,24,32)/t13-,16+/m0/s1. The molecule has 3 aromatic heterocycles. The Bertz CT molecular complexity index is 1300. The fourth-order valence-corrected chi connectivity index (χ4v) is 4.38. The lowest BCUT2D eigenvalue weighted by atomic mass is 10.1. The van der Waals surface area contributed by atoms with Gasteiger partial charge in [-0.1, -0.05) is 6.92 Å². The molecule has 5 rings (SSSR count). The predicted molar refractivity (Wildman–Crippen MR) is 119 cm³/mol. The van der Waals surface area contributed by atoms with E-state index in [0.717, 1.165) is 12.1 Å². The number of aromatic nitrogens is 5. The number of likely N-dealkylation sites (tertiary alicyclic amines) is 1. The number of nitrogens with zero attached hydrogens (tertiary/aromatic N) is 7. The fourth-order valence-electron chi connectivity index (χ4n) is 4.38. The number of carbonyl (C=O) groups is 2. The third-order valence-corrected chi connectivity index (χ3v) is 6.61. The highest BCUT2D eigenvalue weighted by atomic mass is 16.2. The molecular weight excluding hydrogens is 422 g/mol. The van der Waals surface area contributed by atoms with Crippen molar-refractivity contribution in [3.63, 3.8) is 0 Å². The van der Waals surface area contributed by atoms with Crippen molar-refractivity contribution in [3.05, 3.63) is 30.4 Å². The van der Waals surface area contributed by atoms with E-state index < -0.39 is 11.3 Å². The van der Waals surface area contributed by atoms with Crippen LogP contribution < -0.4 is 11.1 Å². The Morgan fingerprint density at radius 3 is 2.70 bits per heavy atom. The number of rotatable bonds is 6. The number of hydrogen-bond donors (Lipinski definition) is 2. The molecule has 0 spiro atoms. The van der Waals surface area contributed by atoms with Crippen LogP contribution in [0, 0.1) is 22.7 Å². The normalized spacial score (nSPS) is 21.2. The van der Waals surface area contributed by atoms with Gasteiger partial charge in [0.2, 0.25) is 5.91 Å². The van der Waals surface area contributed by atoms with E-state index in [1.54, 1.807) is 26.5 Å². The summed E-state index contributed by atoms with van der Waals surface area (Å²) in [5.41, 5.74) is 7.50. The van der Waals surface area contributed by atoms with Gasteiger partial charge in [-0.25, -0.2) is 9.50 Å². The Labute approximate surface area is 190 Å². The summed E-state index contributed by atoms with van der Waals surface area (Å²) in [5.74, 6) is -0.613. The highest BCUT2D eigenvalue weighted by molar-refractivity contribution is 6.01. The molecule has 2 amide bonds. The second-order valence-corrected chi connectivity index (χ2v) is 8.91. The number of nitrogens with one attached hydrogen (secondary N) is 1. The summed E-state index contributed by atoms with van der Waals surface area (Å²) in [6, 6.07) is 2.05. The van der Waals surface area contributed by atoms with Crippen molar-refractivity contribution in [2.75, 3.05) is 18.4 Å². The minimum atomic E-state index is -0.849. The SMILES string of the molecule is CCn1cc(-c2cn3ncc(C(N)=O)c(N[C@@H]4CN(C(=O)C5(C#N)CC5)C[C@@H]4C)c3n2)cn1. The number of nitrogens with two attached hydrogens (primary N) is 1. The summed E-state index contributed by atoms with van der Waals surface area (Å²) in [5, 5.41) is 21.4. The number of aryl methyl sites for hydroxylation is 1. The molecule has 0 unspecified atom stereocenters. The number of amides is 2. The highest BCUT2D eigenvalue weighted by Crippen LogP contribution is 2.47. The summed E-state index contributed by atoms with van der Waals surface area (Å²) in [6.45, 7) is 5.76. The predicted octanol–water partition coefficient (Wildman–Crippen LogP) is 1.27. The molecule has 2 aliphatic rings. The van der Waals surface area contributed by atoms with E-state index in [2.05, 4.69) is 21.6 Å². The van der Waals surface area contributed by atoms with Gasteiger partial charge in [-0.3, -0.25) is 14.3 Å². The van der Waals surface area contributed by atoms with Gasteiger partial charge in [0.15, 0.2) is 5.65 Å². The Kier molecular flexibility index (Phi) is 4.81. The van der Waals surface area contributed by atoms with Crippen LogP contribution in [0.2, 0.25) is 0 Å². The Balaban J connectivity index is 1.47. The topological polar surface area (TPSA) is 147 Å². The lowest BCUT2D eigenvalue weighted by Crippen LogP contribution is -2.36. The van der Waals surface area contributed by atoms with Gasteiger partial charge in [0.25, 0.3) is 5.91 Å². The molecule has 1 aliphatic carbocycles. The van der Waals surface area contributed by atoms with Gasteiger partial charge in [-0.2, -0.15) is 15.5 Å². The van der Waals surface area contributed by atoms with Gasteiger partial charge in [-0.15, -0.1) is 0 Å². The van der Waals surface area contributed by atoms with Crippen molar-refractivity contribution in [3.8, 4) is 17.3 Å². The van der Waals surface area contributed by atoms with Crippen molar-refractivity contribution >= 4 is 23.1 Å². The molecule has 1 aliphatic heterocycles. The number of hydrogen-bond acceptors (Lipinski definition) is 7. The maximum atomic E-state index is 12.8. The lowest BCUT2D eigenvalue weighted by Gasteiger charge is -2.21. The minimum absolute atomic E-state index is 0.104. The van der Waals surface area contributed by atoms with E-state index in [4.69, 9.17) is 10.7 Å². The van der Waals surface area contributed by atoms with Crippen molar-refractivity contribution in [2.24, 2.45) is 17.1 Å². The third kappa shape index (κ3) is 3.47. The van der Waals surface area contributed by atoms with E-state index in [-0.39, 0.29) is 23.4 Å². The van der Waals surface area contributed by atoms with Crippen LogP contribution in [0.3, 0.4) is 0 Å². The largest absolute Gasteiger partial charge is 0.376 e. The molecule has 170 valence electrons. The number of primary amides is 1. The molecule has 1 saturated carbocycles. The van der Waals surface area contributed by atoms with Crippen LogP contribution in [-0.2, 0) is 11.3 Å². The lowest BCUT2D eigenvalue weighted by molar-refractivity contribution is -0.134. The van der Waals surface area contributed by atoms with E-state index in [9.17, 15) is 14.9 Å². The van der Waals surface area contributed by atoms with Crippen LogP contribution >= 0.6 is 0 Å². The van der Waals surface area contributed by atoms with Gasteiger partial charge in [0.05, 0.1) is 41.6 Å². The number of fused-ring (bicyclic) bond motifs is 1. The van der Waals surface area contributed by atoms with Gasteiger partial charge < -0.3 is 16.0 Å². The molecule has 1 saturated heterocycles. The summed E-state index contributed by atoms with van der Waals surface area (Å²) in [7, 11) is 0. The van der Waals surface area contributed by atoms with Crippen LogP contribution in [0.25, 0.3) is 16.9 Å². The molecule has 3 N–H and O–H groups in total. The second kappa shape index (κ2) is 7.58. The maximum absolute atomic E-state index is 12.8. The molecule has 3 aromatic rings. The molecule has 0 aromatic carbocycles. The van der Waals surface area contributed by atoms with E-state index in [1.165, 1.54) is 6.20 Å². The van der Waals surface area contributed by atoms with Crippen LogP contribution in [0.1, 0.15) is 37.0 Å². The molecule has 33 heavy (non-hydrogen) atoms. The number of carbonyl (C=O) groups excluding carboxylic acids is 2. The van der Waals surface area contributed by atoms with Crippen LogP contribution in [0.4, 0.5) is 5.69 Å². The van der Waals surface area contributed by atoms with Crippen LogP contribution in [-0.4, -0.2) is 60.2 Å². The summed E-state index contributed by atoms with van der Waals surface area (Å²) in [4.78, 5) is 31.5. The molecule has 4 heterocycles. The molecule has 0 radical (unpaired) electrons. The quantitative estimate of drug-likeness (QED) is 0.578. The summed E-state index contributed by atoms with van der Waals surface area (Å²) < 4.78 is 3.41. The number of imidazole rings is 1. The van der Waals surface area contributed by atoms with E-state index in [0.29, 0.717) is 43.0 Å². The third-order valence-electron chi connectivity index (χ3n) is 6.61. The first kappa shape index (κ1) is 20.9. The van der Waals surface area contributed by atoms with Crippen molar-refractivity contribution in [1.29, 1.82) is 5.26 Å². The Hall–Kier alpha value is -3.94. The average molecular weight is 448 g/mol. The molecular formula is C22H25N9O2. The Morgan fingerprint density at radius 2 is 2.06 bits per heavy atom. The monoisotopic (exact) mass is 447 g/mol. The zero-order chi connectivity index (χ0) is 23.3. The smallest absolute Gasteiger partial charge is 0.252 e. The van der Waals surface area contributed by atoms with Crippen LogP contribution in [0.5, 0.6) is 0 Å². The van der Waals surface area contributed by atoms with Gasteiger partial charge in [0.1, 0.15) is 5.41 Å². The highest BCUT2D eigenvalue weighted by Gasteiger charge is 2.54. The van der Waals surface area contributed by atoms with Gasteiger partial charge in [0, 0.05) is 37.4 Å². The van der Waals surface area contributed by atoms with Crippen molar-refractivity contribution in [1.82, 2.24) is 29.3 Å². The van der Waals surface area contributed by atoms with Crippen molar-refractivity contribution in [2.45, 2.75) is 39.3 Å². The molecule has 11 heteroatoms. The second-order valence-electron chi connectivity index (χ2n) is 8.91. The first-order valence-corrected chi connectivity index (χ1v) is 11.0. The van der Waals surface area contributed by atoms with E-state index in [1.807, 2.05) is 20.0 Å². The zero-order valence-corrected chi connectivity index (χ0v) is 18.5. The number of anilines is 1. The molecule has 2 fully saturated rings. The average Bonchev–Trinajstić information content (AvgIpc) is 3.13. The maximum Gasteiger partial charge on any atom is 0.252 e. The number of nitriles is 1. The van der Waals surface area contributed by atoms with E-state index >= 15 is 0 Å². The first-order valence-electron chi connectivity index (χ1n) is 11.0. The minimum Gasteiger partial charge on any atom is -0.376 e. The van der Waals surface area contributed by atoms with Crippen molar-refractivity contribution < 1.29 is 9.59 Å². The van der Waals surface area contributed by atoms with Gasteiger partial charge >= 0.3 is 0 Å². The summed E-state index contributed by atoms with van der Waals surface area (Å²) >= 11 is 0. The molecule has 11 nitrogen and oxygen atoms in total. The van der Waals surface area contributed by atoms with Crippen LogP contribution in [0.15, 0.2) is 24.8 Å². The molecule has 2 atom stereocenters. The fraction of sp³-hybridized carbons (Fsp3) is 0.455. The zero-order valence-electron chi connectivity index (χ0n) is 18.5. The van der Waals surface area contributed by atoms with Gasteiger partial charge in [-0.05, 0) is 25.7 Å². The summed E-state index contributed by atoms with van der Waals surface area (Å²) in [6.07, 6.45) is 8.07. The Morgan fingerprint density at radius 1 is 1.27 bits per heavy atom. The molecule has 0 bridgehead atoms.